The number of rotatable bonds is 8. The molecule has 2 unspecified atom stereocenters. The van der Waals surface area contributed by atoms with Crippen LogP contribution in [-0.4, -0.2) is 53.3 Å². The quantitative estimate of drug-likeness (QED) is 0.791. The van der Waals surface area contributed by atoms with E-state index >= 15 is 0 Å². The van der Waals surface area contributed by atoms with Gasteiger partial charge in [-0.05, 0) is 32.4 Å². The lowest BCUT2D eigenvalue weighted by molar-refractivity contribution is 0.0260. The van der Waals surface area contributed by atoms with E-state index in [2.05, 4.69) is 40.7 Å². The first-order valence-electron chi connectivity index (χ1n) is 8.05. The fraction of sp³-hybridized carbons (Fsp3) is 0.812. The Morgan fingerprint density at radius 1 is 1.43 bits per heavy atom. The molecule has 2 atom stereocenters. The second-order valence-corrected chi connectivity index (χ2v) is 6.66. The van der Waals surface area contributed by atoms with Crippen molar-refractivity contribution in [2.24, 2.45) is 13.0 Å². The van der Waals surface area contributed by atoms with E-state index in [-0.39, 0.29) is 0 Å². The third-order valence-corrected chi connectivity index (χ3v) is 3.97. The minimum absolute atomic E-state index is 0.362. The summed E-state index contributed by atoms with van der Waals surface area (Å²) in [4.78, 5) is 6.68. The lowest BCUT2D eigenvalue weighted by Crippen LogP contribution is -2.33. The molecule has 1 aromatic rings. The monoisotopic (exact) mass is 294 g/mol. The highest BCUT2D eigenvalue weighted by Gasteiger charge is 2.26. The Labute approximate surface area is 128 Å². The van der Waals surface area contributed by atoms with Gasteiger partial charge in [0.05, 0.1) is 18.8 Å². The van der Waals surface area contributed by atoms with Crippen molar-refractivity contribution in [1.82, 2.24) is 19.8 Å². The van der Waals surface area contributed by atoms with Crippen LogP contribution in [0.25, 0.3) is 0 Å². The largest absolute Gasteiger partial charge is 0.372 e. The van der Waals surface area contributed by atoms with Crippen molar-refractivity contribution in [3.05, 3.63) is 18.2 Å². The third kappa shape index (κ3) is 5.41. The summed E-state index contributed by atoms with van der Waals surface area (Å²) in [6.45, 7) is 8.38. The van der Waals surface area contributed by atoms with Crippen LogP contribution in [0.5, 0.6) is 0 Å². The molecular weight excluding hydrogens is 264 g/mol. The van der Waals surface area contributed by atoms with Crippen molar-refractivity contribution in [2.75, 3.05) is 26.7 Å². The van der Waals surface area contributed by atoms with Crippen LogP contribution in [0.4, 0.5) is 0 Å². The number of hydrogen-bond acceptors (Lipinski definition) is 4. The maximum atomic E-state index is 6.13. The molecule has 120 valence electrons. The molecule has 0 aromatic carbocycles. The number of hydrogen-bond donors (Lipinski definition) is 1. The summed E-state index contributed by atoms with van der Waals surface area (Å²) < 4.78 is 8.21. The van der Waals surface area contributed by atoms with Crippen LogP contribution in [0.2, 0.25) is 0 Å². The second kappa shape index (κ2) is 7.92. The zero-order valence-electron chi connectivity index (χ0n) is 13.9. The first-order chi connectivity index (χ1) is 10.0. The Hall–Kier alpha value is -0.910. The molecule has 1 saturated heterocycles. The van der Waals surface area contributed by atoms with Crippen molar-refractivity contribution in [1.29, 1.82) is 0 Å². The standard InChI is InChI=1S/C16H30N4O/c1-13(2)9-17-10-14-5-6-15(21-14)11-19(3)12-16-18-7-8-20(16)4/h7-8,13-15,17H,5-6,9-12H2,1-4H3. The van der Waals surface area contributed by atoms with Gasteiger partial charge in [0.15, 0.2) is 0 Å². The third-order valence-electron chi connectivity index (χ3n) is 3.97. The minimum atomic E-state index is 0.362. The molecule has 2 heterocycles. The summed E-state index contributed by atoms with van der Waals surface area (Å²) in [6.07, 6.45) is 6.93. The fourth-order valence-corrected chi connectivity index (χ4v) is 2.80. The van der Waals surface area contributed by atoms with Gasteiger partial charge in [0.25, 0.3) is 0 Å². The Kier molecular flexibility index (Phi) is 6.21. The van der Waals surface area contributed by atoms with Gasteiger partial charge in [0.2, 0.25) is 0 Å². The highest BCUT2D eigenvalue weighted by atomic mass is 16.5. The van der Waals surface area contributed by atoms with Crippen molar-refractivity contribution < 1.29 is 4.74 Å². The molecule has 5 heteroatoms. The van der Waals surface area contributed by atoms with Crippen molar-refractivity contribution in [2.45, 2.75) is 45.4 Å². The Morgan fingerprint density at radius 3 is 2.86 bits per heavy atom. The van der Waals surface area contributed by atoms with Gasteiger partial charge in [-0.3, -0.25) is 4.90 Å². The van der Waals surface area contributed by atoms with Gasteiger partial charge in [-0.1, -0.05) is 13.8 Å². The van der Waals surface area contributed by atoms with Crippen LogP contribution in [0.1, 0.15) is 32.5 Å². The SMILES string of the molecule is CC(C)CNCC1CCC(CN(C)Cc2nccn2C)O1. The fourth-order valence-electron chi connectivity index (χ4n) is 2.80. The number of imidazole rings is 1. The Morgan fingerprint density at radius 2 is 2.19 bits per heavy atom. The van der Waals surface area contributed by atoms with E-state index in [9.17, 15) is 0 Å². The predicted octanol–water partition coefficient (Wildman–Crippen LogP) is 1.65. The number of nitrogens with one attached hydrogen (secondary N) is 1. The average Bonchev–Trinajstić information content (AvgIpc) is 3.00. The molecule has 1 aromatic heterocycles. The molecule has 2 rings (SSSR count). The number of aryl methyl sites for hydroxylation is 1. The van der Waals surface area contributed by atoms with Gasteiger partial charge in [0, 0.05) is 32.5 Å². The van der Waals surface area contributed by atoms with Gasteiger partial charge in [-0.2, -0.15) is 0 Å². The van der Waals surface area contributed by atoms with Gasteiger partial charge in [-0.25, -0.2) is 4.98 Å². The van der Waals surface area contributed by atoms with Gasteiger partial charge in [0.1, 0.15) is 5.82 Å². The van der Waals surface area contributed by atoms with E-state index in [1.165, 1.54) is 12.8 Å². The summed E-state index contributed by atoms with van der Waals surface area (Å²) in [5.41, 5.74) is 0. The van der Waals surface area contributed by atoms with E-state index in [0.717, 1.165) is 32.0 Å². The maximum absolute atomic E-state index is 6.13. The van der Waals surface area contributed by atoms with Gasteiger partial charge >= 0.3 is 0 Å². The van der Waals surface area contributed by atoms with Crippen LogP contribution in [-0.2, 0) is 18.3 Å². The maximum Gasteiger partial charge on any atom is 0.122 e. The topological polar surface area (TPSA) is 42.3 Å². The smallest absolute Gasteiger partial charge is 0.122 e. The molecule has 5 nitrogen and oxygen atoms in total. The predicted molar refractivity (Wildman–Crippen MR) is 85.1 cm³/mol. The van der Waals surface area contributed by atoms with E-state index in [4.69, 9.17) is 4.74 Å². The highest BCUT2D eigenvalue weighted by molar-refractivity contribution is 4.91. The summed E-state index contributed by atoms with van der Waals surface area (Å²) in [7, 11) is 4.18. The Bertz CT molecular complexity index is 418. The van der Waals surface area contributed by atoms with Crippen molar-refractivity contribution >= 4 is 0 Å². The molecule has 1 N–H and O–H groups in total. The number of ether oxygens (including phenoxy) is 1. The molecule has 0 aliphatic carbocycles. The summed E-state index contributed by atoms with van der Waals surface area (Å²) in [5.74, 6) is 1.80. The van der Waals surface area contributed by atoms with Crippen molar-refractivity contribution in [3.63, 3.8) is 0 Å². The van der Waals surface area contributed by atoms with Crippen LogP contribution in [0, 0.1) is 5.92 Å². The molecule has 0 spiro atoms. The molecule has 21 heavy (non-hydrogen) atoms. The van der Waals surface area contributed by atoms with Crippen LogP contribution in [0.15, 0.2) is 12.4 Å². The average molecular weight is 294 g/mol. The molecule has 1 aliphatic rings. The van der Waals surface area contributed by atoms with Gasteiger partial charge < -0.3 is 14.6 Å². The van der Waals surface area contributed by atoms with E-state index in [1.807, 2.05) is 19.4 Å². The van der Waals surface area contributed by atoms with Crippen molar-refractivity contribution in [3.8, 4) is 0 Å². The number of aromatic nitrogens is 2. The molecule has 0 radical (unpaired) electrons. The Balaban J connectivity index is 1.66. The molecule has 0 amide bonds. The first kappa shape index (κ1) is 16.5. The van der Waals surface area contributed by atoms with E-state index in [0.29, 0.717) is 18.1 Å². The first-order valence-corrected chi connectivity index (χ1v) is 8.05. The highest BCUT2D eigenvalue weighted by Crippen LogP contribution is 2.20. The summed E-state index contributed by atoms with van der Waals surface area (Å²) >= 11 is 0. The van der Waals surface area contributed by atoms with Gasteiger partial charge in [-0.15, -0.1) is 0 Å². The summed E-state index contributed by atoms with van der Waals surface area (Å²) in [5, 5.41) is 3.49. The normalized spacial score (nSPS) is 22.6. The number of likely N-dealkylation sites (N-methyl/N-ethyl adjacent to an activating group) is 1. The van der Waals surface area contributed by atoms with Crippen LogP contribution < -0.4 is 5.32 Å². The molecule has 0 bridgehead atoms. The molecule has 1 fully saturated rings. The zero-order chi connectivity index (χ0) is 15.2. The summed E-state index contributed by atoms with van der Waals surface area (Å²) in [6, 6.07) is 0. The number of nitrogens with zero attached hydrogens (tertiary/aromatic N) is 3. The van der Waals surface area contributed by atoms with E-state index in [1.54, 1.807) is 0 Å². The lowest BCUT2D eigenvalue weighted by Gasteiger charge is -2.21. The second-order valence-electron chi connectivity index (χ2n) is 6.66. The molecule has 1 aliphatic heterocycles. The molecule has 0 saturated carbocycles. The van der Waals surface area contributed by atoms with Crippen LogP contribution >= 0.6 is 0 Å². The lowest BCUT2D eigenvalue weighted by atomic mass is 10.2. The molecular formula is C16H30N4O. The minimum Gasteiger partial charge on any atom is -0.372 e. The van der Waals surface area contributed by atoms with Crippen LogP contribution in [0.3, 0.4) is 0 Å². The van der Waals surface area contributed by atoms with E-state index < -0.39 is 0 Å². The zero-order valence-corrected chi connectivity index (χ0v) is 13.9.